The largest absolute Gasteiger partial charge is 0.490 e. The van der Waals surface area contributed by atoms with Crippen LogP contribution in [-0.4, -0.2) is 11.5 Å². The topological polar surface area (TPSA) is 52.4 Å². The molecule has 0 fully saturated rings. The summed E-state index contributed by atoms with van der Waals surface area (Å²) >= 11 is 0. The van der Waals surface area contributed by atoms with Crippen LogP contribution in [0.4, 0.5) is 14.5 Å². The fourth-order valence-electron chi connectivity index (χ4n) is 0.944. The van der Waals surface area contributed by atoms with Gasteiger partial charge in [-0.05, 0) is 6.92 Å². The molecule has 0 aliphatic carbocycles. The Morgan fingerprint density at radius 3 is 2.64 bits per heavy atom. The van der Waals surface area contributed by atoms with Crippen molar-refractivity contribution in [1.29, 1.82) is 0 Å². The Bertz CT molecular complexity index is 368. The molecule has 0 radical (unpaired) electrons. The zero-order valence-electron chi connectivity index (χ0n) is 7.29. The van der Waals surface area contributed by atoms with Crippen LogP contribution in [0.15, 0.2) is 12.1 Å². The molecule has 76 valence electrons. The molecule has 0 unspecified atom stereocenters. The summed E-state index contributed by atoms with van der Waals surface area (Å²) in [5.74, 6) is -2.50. The number of nitro groups is 1. The first-order valence-corrected chi connectivity index (χ1v) is 3.82. The van der Waals surface area contributed by atoms with Crippen LogP contribution in [0.1, 0.15) is 6.92 Å². The zero-order valence-corrected chi connectivity index (χ0v) is 7.29. The van der Waals surface area contributed by atoms with Gasteiger partial charge in [-0.15, -0.1) is 0 Å². The number of rotatable bonds is 3. The third-order valence-corrected chi connectivity index (χ3v) is 1.48. The molecule has 6 heteroatoms. The lowest BCUT2D eigenvalue weighted by molar-refractivity contribution is -0.387. The second-order valence-electron chi connectivity index (χ2n) is 2.43. The van der Waals surface area contributed by atoms with Crippen molar-refractivity contribution >= 4 is 5.69 Å². The van der Waals surface area contributed by atoms with Gasteiger partial charge >= 0.3 is 5.69 Å². The second-order valence-corrected chi connectivity index (χ2v) is 2.43. The molecular weight excluding hydrogens is 196 g/mol. The molecule has 0 heterocycles. The van der Waals surface area contributed by atoms with E-state index in [1.54, 1.807) is 6.92 Å². The summed E-state index contributed by atoms with van der Waals surface area (Å²) in [5, 5.41) is 10.3. The van der Waals surface area contributed by atoms with Gasteiger partial charge in [-0.2, -0.15) is 4.39 Å². The lowest BCUT2D eigenvalue weighted by atomic mass is 10.3. The van der Waals surface area contributed by atoms with Crippen LogP contribution in [0.2, 0.25) is 0 Å². The van der Waals surface area contributed by atoms with Crippen LogP contribution in [0, 0.1) is 21.7 Å². The number of benzene rings is 1. The summed E-state index contributed by atoms with van der Waals surface area (Å²) in [6.45, 7) is 1.67. The fourth-order valence-corrected chi connectivity index (χ4v) is 0.944. The SMILES string of the molecule is CCOc1cc(F)cc([N+](=O)[O-])c1F. The molecule has 0 saturated carbocycles. The van der Waals surface area contributed by atoms with Crippen molar-refractivity contribution in [2.45, 2.75) is 6.92 Å². The van der Waals surface area contributed by atoms with Crippen LogP contribution >= 0.6 is 0 Å². The monoisotopic (exact) mass is 203 g/mol. The summed E-state index contributed by atoms with van der Waals surface area (Å²) < 4.78 is 30.6. The summed E-state index contributed by atoms with van der Waals surface area (Å²) in [5.41, 5.74) is -0.923. The Hall–Kier alpha value is -1.72. The summed E-state index contributed by atoms with van der Waals surface area (Å²) in [6, 6.07) is 1.28. The summed E-state index contributed by atoms with van der Waals surface area (Å²) in [7, 11) is 0. The third kappa shape index (κ3) is 1.95. The highest BCUT2D eigenvalue weighted by Crippen LogP contribution is 2.27. The van der Waals surface area contributed by atoms with E-state index in [1.165, 1.54) is 0 Å². The molecule has 0 bridgehead atoms. The first-order valence-electron chi connectivity index (χ1n) is 3.82. The van der Waals surface area contributed by atoms with E-state index >= 15 is 0 Å². The predicted octanol–water partition coefficient (Wildman–Crippen LogP) is 2.27. The smallest absolute Gasteiger partial charge is 0.311 e. The molecule has 0 aliphatic heterocycles. The molecule has 0 atom stereocenters. The zero-order chi connectivity index (χ0) is 10.7. The standard InChI is InChI=1S/C8H7F2NO3/c1-2-14-7-4-5(9)3-6(8(7)10)11(12)13/h3-4H,2H2,1H3. The van der Waals surface area contributed by atoms with Gasteiger partial charge < -0.3 is 4.74 Å². The van der Waals surface area contributed by atoms with E-state index < -0.39 is 28.0 Å². The highest BCUT2D eigenvalue weighted by molar-refractivity contribution is 5.41. The highest BCUT2D eigenvalue weighted by Gasteiger charge is 2.20. The number of nitro benzene ring substituents is 1. The van der Waals surface area contributed by atoms with Gasteiger partial charge in [0, 0.05) is 6.07 Å². The predicted molar refractivity (Wildman–Crippen MR) is 44.2 cm³/mol. The van der Waals surface area contributed by atoms with Crippen LogP contribution < -0.4 is 4.74 Å². The van der Waals surface area contributed by atoms with Crippen molar-refractivity contribution in [3.05, 3.63) is 33.9 Å². The molecule has 0 saturated heterocycles. The Kier molecular flexibility index (Phi) is 2.95. The average Bonchev–Trinajstić information content (AvgIpc) is 2.10. The Labute approximate surface area is 78.3 Å². The molecule has 0 aromatic heterocycles. The lowest BCUT2D eigenvalue weighted by Gasteiger charge is -2.04. The van der Waals surface area contributed by atoms with Crippen molar-refractivity contribution < 1.29 is 18.4 Å². The number of ether oxygens (including phenoxy) is 1. The van der Waals surface area contributed by atoms with E-state index in [-0.39, 0.29) is 6.61 Å². The van der Waals surface area contributed by atoms with Crippen LogP contribution in [0.25, 0.3) is 0 Å². The second kappa shape index (κ2) is 3.99. The van der Waals surface area contributed by atoms with Crippen LogP contribution in [0.3, 0.4) is 0 Å². The fraction of sp³-hybridized carbons (Fsp3) is 0.250. The number of hydrogen-bond acceptors (Lipinski definition) is 3. The quantitative estimate of drug-likeness (QED) is 0.559. The minimum Gasteiger partial charge on any atom is -0.490 e. The van der Waals surface area contributed by atoms with Crippen molar-refractivity contribution in [1.82, 2.24) is 0 Å². The normalized spacial score (nSPS) is 9.93. The van der Waals surface area contributed by atoms with Crippen molar-refractivity contribution in [2.24, 2.45) is 0 Å². The van der Waals surface area contributed by atoms with Gasteiger partial charge in [0.05, 0.1) is 17.6 Å². The highest BCUT2D eigenvalue weighted by atomic mass is 19.1. The molecule has 14 heavy (non-hydrogen) atoms. The molecule has 0 aliphatic rings. The molecule has 1 rings (SSSR count). The maximum atomic E-state index is 13.2. The van der Waals surface area contributed by atoms with Gasteiger partial charge in [0.25, 0.3) is 0 Å². The number of hydrogen-bond donors (Lipinski definition) is 0. The van der Waals surface area contributed by atoms with E-state index in [1.807, 2.05) is 0 Å². The first kappa shape index (κ1) is 10.4. The minimum absolute atomic E-state index is 0.109. The molecule has 0 amide bonds. The molecule has 0 N–H and O–H groups in total. The summed E-state index contributed by atoms with van der Waals surface area (Å²) in [6.07, 6.45) is 0. The average molecular weight is 203 g/mol. The number of halogens is 2. The van der Waals surface area contributed by atoms with Gasteiger partial charge in [-0.3, -0.25) is 10.1 Å². The van der Waals surface area contributed by atoms with Crippen molar-refractivity contribution in [3.63, 3.8) is 0 Å². The Morgan fingerprint density at radius 2 is 2.14 bits per heavy atom. The van der Waals surface area contributed by atoms with Gasteiger partial charge in [-0.25, -0.2) is 4.39 Å². The van der Waals surface area contributed by atoms with E-state index in [9.17, 15) is 18.9 Å². The molecule has 0 spiro atoms. The van der Waals surface area contributed by atoms with Crippen molar-refractivity contribution in [2.75, 3.05) is 6.61 Å². The molecule has 1 aromatic carbocycles. The van der Waals surface area contributed by atoms with E-state index in [2.05, 4.69) is 4.74 Å². The molecular formula is C8H7F2NO3. The number of nitrogens with zero attached hydrogens (tertiary/aromatic N) is 1. The van der Waals surface area contributed by atoms with E-state index in [4.69, 9.17) is 0 Å². The molecule has 1 aromatic rings. The Balaban J connectivity index is 3.24. The van der Waals surface area contributed by atoms with Gasteiger partial charge in [0.15, 0.2) is 5.75 Å². The maximum absolute atomic E-state index is 13.2. The summed E-state index contributed by atoms with van der Waals surface area (Å²) in [4.78, 5) is 9.27. The van der Waals surface area contributed by atoms with Crippen LogP contribution in [-0.2, 0) is 0 Å². The maximum Gasteiger partial charge on any atom is 0.311 e. The first-order chi connectivity index (χ1) is 6.56. The minimum atomic E-state index is -1.15. The van der Waals surface area contributed by atoms with E-state index in [0.29, 0.717) is 6.07 Å². The Morgan fingerprint density at radius 1 is 1.50 bits per heavy atom. The third-order valence-electron chi connectivity index (χ3n) is 1.48. The molecule has 4 nitrogen and oxygen atoms in total. The van der Waals surface area contributed by atoms with Gasteiger partial charge in [0.2, 0.25) is 5.82 Å². The van der Waals surface area contributed by atoms with E-state index in [0.717, 1.165) is 6.07 Å². The van der Waals surface area contributed by atoms with Gasteiger partial charge in [-0.1, -0.05) is 0 Å². The van der Waals surface area contributed by atoms with Crippen molar-refractivity contribution in [3.8, 4) is 5.75 Å². The van der Waals surface area contributed by atoms with Gasteiger partial charge in [0.1, 0.15) is 5.82 Å². The van der Waals surface area contributed by atoms with Crippen LogP contribution in [0.5, 0.6) is 5.75 Å². The lowest BCUT2D eigenvalue weighted by Crippen LogP contribution is -2.00.